The number of hydrogen-bond donors (Lipinski definition) is 8. The van der Waals surface area contributed by atoms with Gasteiger partial charge in [-0.3, -0.25) is 28.5 Å². The molecule has 3 aliphatic rings. The second kappa shape index (κ2) is 16.4. The van der Waals surface area contributed by atoms with Crippen LogP contribution in [0.1, 0.15) is 45.3 Å². The Morgan fingerprint density at radius 2 is 1.67 bits per heavy atom. The molecule has 304 valence electrons. The number of hydrogen-bond acceptors (Lipinski definition) is 14. The molecule has 1 fully saturated rings. The van der Waals surface area contributed by atoms with Gasteiger partial charge in [-0.05, 0) is 54.8 Å². The van der Waals surface area contributed by atoms with E-state index >= 15 is 0 Å². The number of carboxylic acid groups (broad SMARTS) is 1. The number of aromatic hydroxyl groups is 1. The zero-order chi connectivity index (χ0) is 42.2. The molecular formula is C33H28N3O19P3. The highest BCUT2D eigenvalue weighted by Crippen LogP contribution is 2.66. The number of benzene rings is 3. The van der Waals surface area contributed by atoms with Crippen molar-refractivity contribution in [2.24, 2.45) is 0 Å². The molecule has 58 heavy (non-hydrogen) atoms. The van der Waals surface area contributed by atoms with Crippen LogP contribution >= 0.6 is 23.5 Å². The van der Waals surface area contributed by atoms with Gasteiger partial charge in [0.2, 0.25) is 0 Å². The number of fused-ring (bicyclic) bond motifs is 2. The van der Waals surface area contributed by atoms with Crippen LogP contribution in [0.25, 0.3) is 33.4 Å². The number of nitrogens with zero attached hydrogens (tertiary/aromatic N) is 1. The van der Waals surface area contributed by atoms with Crippen LogP contribution in [-0.2, 0) is 31.6 Å². The van der Waals surface area contributed by atoms with E-state index < -0.39 is 65.5 Å². The lowest BCUT2D eigenvalue weighted by atomic mass is 9.90. The van der Waals surface area contributed by atoms with Gasteiger partial charge in [0, 0.05) is 40.4 Å². The molecule has 0 radical (unpaired) electrons. The summed E-state index contributed by atoms with van der Waals surface area (Å²) in [5.41, 5.74) is -1.61. The van der Waals surface area contributed by atoms with Gasteiger partial charge in [0.25, 0.3) is 11.5 Å². The van der Waals surface area contributed by atoms with E-state index in [1.54, 1.807) is 0 Å². The number of carbonyl (C=O) groups excluding carboxylic acids is 1. The quantitative estimate of drug-likeness (QED) is 0.0507. The van der Waals surface area contributed by atoms with Gasteiger partial charge < -0.3 is 44.3 Å². The van der Waals surface area contributed by atoms with Gasteiger partial charge >= 0.3 is 35.1 Å². The van der Waals surface area contributed by atoms with Crippen molar-refractivity contribution < 1.29 is 75.4 Å². The second-order valence-electron chi connectivity index (χ2n) is 12.3. The molecule has 4 atom stereocenters. The maximum Gasteiger partial charge on any atom is 0.490 e. The maximum atomic E-state index is 13.1. The average Bonchev–Trinajstić information content (AvgIpc) is 3.59. The Hall–Kier alpha value is -5.52. The normalized spacial score (nSPS) is 17.6. The van der Waals surface area contributed by atoms with Crippen LogP contribution < -0.4 is 22.0 Å². The number of carboxylic acids is 1. The van der Waals surface area contributed by atoms with Crippen molar-refractivity contribution in [1.29, 1.82) is 0 Å². The standard InChI is InChI=1S/C33H28N3O19P3/c37-19-4-8-23-26(13-19)53-27-14-20(38)5-9-24(27)29(23)22-7-3-17(12-25(22)32(41)42)30(39)34-11-1-2-18-15-36(33(43)35-31(18)40)28-10-6-21(52-28)16-51-57(47,48)55-58(49,50)54-56(44,45)46/h3-5,7-9,12-15,21,28,37H,6,10-11,16H2,(H,34,39)(H,41,42)(H,47,48)(H,49,50)(H,35,40,43)(H2,44,45,46)/t21-,28+/m0/s1. The number of aromatic carboxylic acids is 1. The molecule has 1 aromatic heterocycles. The lowest BCUT2D eigenvalue weighted by Gasteiger charge is -2.19. The van der Waals surface area contributed by atoms with Gasteiger partial charge in [0.1, 0.15) is 28.9 Å². The topological polar surface area (TPSA) is 341 Å². The molecule has 3 heterocycles. The molecule has 2 unspecified atom stereocenters. The molecule has 6 rings (SSSR count). The largest absolute Gasteiger partial charge is 0.508 e. The summed E-state index contributed by atoms with van der Waals surface area (Å²) in [4.78, 5) is 101. The molecule has 3 aromatic rings. The van der Waals surface area contributed by atoms with E-state index in [0.29, 0.717) is 16.5 Å². The number of phenols is 1. The summed E-state index contributed by atoms with van der Waals surface area (Å²) in [6.07, 6.45) is -0.842. The monoisotopic (exact) mass is 863 g/mol. The van der Waals surface area contributed by atoms with Gasteiger partial charge in [0.05, 0.1) is 24.8 Å². The molecule has 8 N–H and O–H groups in total. The van der Waals surface area contributed by atoms with Crippen molar-refractivity contribution in [2.75, 3.05) is 13.2 Å². The number of aromatic nitrogens is 2. The lowest BCUT2D eigenvalue weighted by Crippen LogP contribution is -2.33. The molecule has 1 aliphatic carbocycles. The van der Waals surface area contributed by atoms with E-state index in [0.717, 1.165) is 16.8 Å². The van der Waals surface area contributed by atoms with Gasteiger partial charge in [-0.1, -0.05) is 17.9 Å². The number of amides is 1. The van der Waals surface area contributed by atoms with Crippen LogP contribution in [0, 0.1) is 11.8 Å². The summed E-state index contributed by atoms with van der Waals surface area (Å²) < 4.78 is 58.6. The summed E-state index contributed by atoms with van der Waals surface area (Å²) in [5.74, 6) is 2.96. The Kier molecular flexibility index (Phi) is 11.9. The highest BCUT2D eigenvalue weighted by molar-refractivity contribution is 7.66. The first-order chi connectivity index (χ1) is 27.2. The van der Waals surface area contributed by atoms with Crippen molar-refractivity contribution in [3.63, 3.8) is 0 Å². The third kappa shape index (κ3) is 9.94. The minimum absolute atomic E-state index is 0.0658. The number of nitrogens with one attached hydrogen (secondary N) is 2. The minimum atomic E-state index is -5.74. The summed E-state index contributed by atoms with van der Waals surface area (Å²) in [7, 11) is -16.8. The Balaban J connectivity index is 1.14. The molecule has 0 bridgehead atoms. The number of H-pyrrole nitrogens is 1. The number of rotatable bonds is 12. The summed E-state index contributed by atoms with van der Waals surface area (Å²) in [6, 6.07) is 12.1. The van der Waals surface area contributed by atoms with Crippen LogP contribution in [0.5, 0.6) is 5.75 Å². The number of carbonyl (C=O) groups is 2. The molecule has 1 amide bonds. The van der Waals surface area contributed by atoms with Crippen LogP contribution in [0.15, 0.2) is 79.6 Å². The summed E-state index contributed by atoms with van der Waals surface area (Å²) >= 11 is 0. The fourth-order valence-corrected chi connectivity index (χ4v) is 8.93. The zero-order valence-electron chi connectivity index (χ0n) is 29.0. The first-order valence-corrected chi connectivity index (χ1v) is 20.8. The number of aromatic amines is 1. The molecule has 0 saturated carbocycles. The third-order valence-corrected chi connectivity index (χ3v) is 12.0. The van der Waals surface area contributed by atoms with E-state index in [-0.39, 0.29) is 64.2 Å². The molecule has 1 saturated heterocycles. The molecule has 2 aromatic carbocycles. The van der Waals surface area contributed by atoms with Gasteiger partial charge in [0.15, 0.2) is 5.43 Å². The van der Waals surface area contributed by atoms with Crippen LogP contribution in [0.4, 0.5) is 0 Å². The molecule has 0 spiro atoms. The molecule has 22 nitrogen and oxygen atoms in total. The van der Waals surface area contributed by atoms with Crippen LogP contribution in [0.2, 0.25) is 0 Å². The second-order valence-corrected chi connectivity index (χ2v) is 16.7. The number of phosphoric acid groups is 3. The Bertz CT molecular complexity index is 2830. The van der Waals surface area contributed by atoms with Crippen LogP contribution in [0.3, 0.4) is 0 Å². The predicted octanol–water partition coefficient (Wildman–Crippen LogP) is 2.62. The first-order valence-electron chi connectivity index (χ1n) is 16.3. The SMILES string of the molecule is O=C(NCC#Cc1cn([C@H]2CC[C@@H](COP(=O)(O)OP(=O)(O)OP(=O)(O)O)O2)c(=O)[nH]c1=O)c1ccc(-c2c3ccc(=O)cc-3oc3cc(O)ccc23)c(C(=O)O)c1. The van der Waals surface area contributed by atoms with Crippen molar-refractivity contribution in [1.82, 2.24) is 14.9 Å². The molecule has 2 aliphatic heterocycles. The third-order valence-electron chi connectivity index (χ3n) is 8.22. The Labute approximate surface area is 323 Å². The van der Waals surface area contributed by atoms with Crippen molar-refractivity contribution in [3.05, 3.63) is 109 Å². The van der Waals surface area contributed by atoms with E-state index in [2.05, 4.69) is 35.3 Å². The van der Waals surface area contributed by atoms with E-state index in [1.165, 1.54) is 48.5 Å². The predicted molar refractivity (Wildman–Crippen MR) is 197 cm³/mol. The zero-order valence-corrected chi connectivity index (χ0v) is 31.7. The maximum absolute atomic E-state index is 13.1. The number of phenolic OH excluding ortho intramolecular Hbond substituents is 1. The lowest BCUT2D eigenvalue weighted by molar-refractivity contribution is -0.0243. The van der Waals surface area contributed by atoms with E-state index in [4.69, 9.17) is 18.9 Å². The number of ether oxygens (including phenoxy) is 1. The van der Waals surface area contributed by atoms with Crippen molar-refractivity contribution in [3.8, 4) is 40.0 Å². The van der Waals surface area contributed by atoms with Gasteiger partial charge in [-0.25, -0.2) is 23.3 Å². The van der Waals surface area contributed by atoms with Crippen molar-refractivity contribution >= 4 is 46.3 Å². The fraction of sp³-hybridized carbons (Fsp3) is 0.182. The highest BCUT2D eigenvalue weighted by Gasteiger charge is 2.41. The Morgan fingerprint density at radius 1 is 0.931 bits per heavy atom. The fourth-order valence-electron chi connectivity index (χ4n) is 5.88. The molecular weight excluding hydrogens is 835 g/mol. The van der Waals surface area contributed by atoms with E-state index in [9.17, 15) is 57.7 Å². The smallest absolute Gasteiger partial charge is 0.490 e. The number of phosphoric ester groups is 1. The Morgan fingerprint density at radius 3 is 2.40 bits per heavy atom. The van der Waals surface area contributed by atoms with Gasteiger partial charge in [-0.2, -0.15) is 8.62 Å². The molecule has 25 heteroatoms. The summed E-state index contributed by atoms with van der Waals surface area (Å²) in [6.45, 7) is -1.10. The van der Waals surface area contributed by atoms with E-state index in [1.807, 2.05) is 0 Å². The average molecular weight is 864 g/mol. The first kappa shape index (κ1) is 42.1. The summed E-state index contributed by atoms with van der Waals surface area (Å²) in [5, 5.41) is 23.1. The van der Waals surface area contributed by atoms with Crippen molar-refractivity contribution in [2.45, 2.75) is 25.2 Å². The van der Waals surface area contributed by atoms with Gasteiger partial charge in [-0.15, -0.1) is 0 Å². The van der Waals surface area contributed by atoms with Crippen LogP contribution in [-0.4, -0.2) is 70.5 Å². The highest BCUT2D eigenvalue weighted by atomic mass is 31.3. The minimum Gasteiger partial charge on any atom is -0.508 e.